The molecule has 4 aromatic rings. The number of fused-ring (bicyclic) bond motifs is 1. The quantitative estimate of drug-likeness (QED) is 0.435. The Morgan fingerprint density at radius 3 is 2.70 bits per heavy atom. The van der Waals surface area contributed by atoms with E-state index in [0.29, 0.717) is 24.1 Å². The molecule has 1 amide bonds. The van der Waals surface area contributed by atoms with Crippen LogP contribution in [0.2, 0.25) is 0 Å². The number of imidazole rings is 1. The van der Waals surface area contributed by atoms with Crippen LogP contribution in [-0.4, -0.2) is 28.2 Å². The Hall–Kier alpha value is -3.45. The third-order valence-electron chi connectivity index (χ3n) is 4.83. The zero-order valence-electron chi connectivity index (χ0n) is 16.7. The molecule has 6 nitrogen and oxygen atoms in total. The van der Waals surface area contributed by atoms with E-state index in [1.54, 1.807) is 42.7 Å². The molecule has 2 aromatic carbocycles. The largest absolute Gasteiger partial charge is 0.497 e. The Morgan fingerprint density at radius 2 is 1.97 bits per heavy atom. The standard InChI is InChI=1S/C23H21N3O3S/c1-15(27)17-4-3-5-18(12-17)24-22(28)11-8-19-14-30-23-25-21(13-26(19)23)16-6-9-20(29-2)10-7-16/h3-7,9-10,12-14H,8,11H2,1-2H3,(H,24,28). The first kappa shape index (κ1) is 19.8. The van der Waals surface area contributed by atoms with Gasteiger partial charge in [0, 0.05) is 40.5 Å². The number of amides is 1. The minimum absolute atomic E-state index is 0.0282. The van der Waals surface area contributed by atoms with E-state index in [-0.39, 0.29) is 11.7 Å². The van der Waals surface area contributed by atoms with Crippen molar-refractivity contribution < 1.29 is 14.3 Å². The van der Waals surface area contributed by atoms with Gasteiger partial charge in [0.25, 0.3) is 0 Å². The minimum Gasteiger partial charge on any atom is -0.497 e. The number of carbonyl (C=O) groups excluding carboxylic acids is 2. The van der Waals surface area contributed by atoms with Crippen molar-refractivity contribution in [2.75, 3.05) is 12.4 Å². The molecule has 0 aliphatic carbocycles. The smallest absolute Gasteiger partial charge is 0.224 e. The van der Waals surface area contributed by atoms with Gasteiger partial charge in [-0.15, -0.1) is 11.3 Å². The van der Waals surface area contributed by atoms with Crippen LogP contribution in [0.5, 0.6) is 5.75 Å². The van der Waals surface area contributed by atoms with Gasteiger partial charge in [0.1, 0.15) is 5.75 Å². The Kier molecular flexibility index (Phi) is 5.63. The number of hydrogen-bond donors (Lipinski definition) is 1. The molecule has 152 valence electrons. The molecule has 0 radical (unpaired) electrons. The number of ether oxygens (including phenoxy) is 1. The van der Waals surface area contributed by atoms with Gasteiger partial charge in [0.2, 0.25) is 5.91 Å². The predicted octanol–water partition coefficient (Wildman–Crippen LogP) is 4.85. The molecule has 0 aliphatic rings. The number of carbonyl (C=O) groups is 2. The van der Waals surface area contributed by atoms with E-state index >= 15 is 0 Å². The van der Waals surface area contributed by atoms with Crippen molar-refractivity contribution in [2.45, 2.75) is 19.8 Å². The summed E-state index contributed by atoms with van der Waals surface area (Å²) in [5.41, 5.74) is 4.15. The zero-order valence-corrected chi connectivity index (χ0v) is 17.5. The molecule has 0 saturated heterocycles. The Morgan fingerprint density at radius 1 is 1.17 bits per heavy atom. The molecular weight excluding hydrogens is 398 g/mol. The van der Waals surface area contributed by atoms with Crippen LogP contribution in [0.3, 0.4) is 0 Å². The summed E-state index contributed by atoms with van der Waals surface area (Å²) in [6, 6.07) is 14.8. The number of nitrogens with zero attached hydrogens (tertiary/aromatic N) is 2. The molecule has 0 bridgehead atoms. The third-order valence-corrected chi connectivity index (χ3v) is 5.72. The number of hydrogen-bond acceptors (Lipinski definition) is 5. The lowest BCUT2D eigenvalue weighted by Gasteiger charge is -2.06. The molecule has 7 heteroatoms. The maximum atomic E-state index is 12.4. The average molecular weight is 420 g/mol. The van der Waals surface area contributed by atoms with E-state index in [0.717, 1.165) is 27.7 Å². The molecular formula is C23H21N3O3S. The molecule has 0 fully saturated rings. The van der Waals surface area contributed by atoms with E-state index in [1.807, 2.05) is 40.2 Å². The lowest BCUT2D eigenvalue weighted by molar-refractivity contribution is -0.116. The fourth-order valence-corrected chi connectivity index (χ4v) is 4.10. The number of anilines is 1. The van der Waals surface area contributed by atoms with Crippen LogP contribution in [0, 0.1) is 0 Å². The highest BCUT2D eigenvalue weighted by molar-refractivity contribution is 7.15. The molecule has 0 atom stereocenters. The highest BCUT2D eigenvalue weighted by Gasteiger charge is 2.12. The van der Waals surface area contributed by atoms with Crippen LogP contribution in [0.25, 0.3) is 16.2 Å². The summed E-state index contributed by atoms with van der Waals surface area (Å²) in [6.07, 6.45) is 2.93. The summed E-state index contributed by atoms with van der Waals surface area (Å²) in [6.45, 7) is 1.51. The number of benzene rings is 2. The lowest BCUT2D eigenvalue weighted by Crippen LogP contribution is -2.13. The molecule has 0 saturated carbocycles. The van der Waals surface area contributed by atoms with Crippen molar-refractivity contribution in [3.05, 3.63) is 71.4 Å². The van der Waals surface area contributed by atoms with Crippen LogP contribution in [0.4, 0.5) is 5.69 Å². The van der Waals surface area contributed by atoms with Gasteiger partial charge < -0.3 is 10.1 Å². The van der Waals surface area contributed by atoms with Gasteiger partial charge in [-0.25, -0.2) is 4.98 Å². The van der Waals surface area contributed by atoms with E-state index in [2.05, 4.69) is 10.3 Å². The van der Waals surface area contributed by atoms with E-state index < -0.39 is 0 Å². The Balaban J connectivity index is 1.44. The number of aryl methyl sites for hydroxylation is 1. The van der Waals surface area contributed by atoms with Gasteiger partial charge in [-0.1, -0.05) is 12.1 Å². The SMILES string of the molecule is COc1ccc(-c2cn3c(CCC(=O)Nc4cccc(C(C)=O)c4)csc3n2)cc1. The first-order valence-electron chi connectivity index (χ1n) is 9.54. The topological polar surface area (TPSA) is 72.7 Å². The Labute approximate surface area is 178 Å². The first-order valence-corrected chi connectivity index (χ1v) is 10.4. The van der Waals surface area contributed by atoms with Crippen molar-refractivity contribution in [3.63, 3.8) is 0 Å². The molecule has 0 spiro atoms. The summed E-state index contributed by atoms with van der Waals surface area (Å²) in [7, 11) is 1.64. The van der Waals surface area contributed by atoms with Crippen LogP contribution >= 0.6 is 11.3 Å². The number of rotatable bonds is 7. The summed E-state index contributed by atoms with van der Waals surface area (Å²) in [4.78, 5) is 29.5. The number of thiazole rings is 1. The van der Waals surface area contributed by atoms with Gasteiger partial charge in [-0.2, -0.15) is 0 Å². The van der Waals surface area contributed by atoms with Crippen LogP contribution in [-0.2, 0) is 11.2 Å². The lowest BCUT2D eigenvalue weighted by atomic mass is 10.1. The van der Waals surface area contributed by atoms with Crippen molar-refractivity contribution in [1.82, 2.24) is 9.38 Å². The van der Waals surface area contributed by atoms with Crippen molar-refractivity contribution >= 4 is 33.7 Å². The number of aromatic nitrogens is 2. The molecule has 0 aliphatic heterocycles. The van der Waals surface area contributed by atoms with E-state index in [4.69, 9.17) is 4.74 Å². The third kappa shape index (κ3) is 4.26. The number of methoxy groups -OCH3 is 1. The van der Waals surface area contributed by atoms with Gasteiger partial charge >= 0.3 is 0 Å². The van der Waals surface area contributed by atoms with E-state index in [1.165, 1.54) is 6.92 Å². The highest BCUT2D eigenvalue weighted by atomic mass is 32.1. The number of Topliss-reactive ketones (excluding diaryl/α,β-unsaturated/α-hetero) is 1. The predicted molar refractivity (Wildman–Crippen MR) is 118 cm³/mol. The molecule has 0 unspecified atom stereocenters. The molecule has 2 heterocycles. The average Bonchev–Trinajstić information content (AvgIpc) is 3.34. The van der Waals surface area contributed by atoms with Crippen LogP contribution in [0.15, 0.2) is 60.1 Å². The molecule has 2 aromatic heterocycles. The normalized spacial score (nSPS) is 10.9. The molecule has 4 rings (SSSR count). The van der Waals surface area contributed by atoms with Gasteiger partial charge in [0.05, 0.1) is 12.8 Å². The van der Waals surface area contributed by atoms with Crippen molar-refractivity contribution in [3.8, 4) is 17.0 Å². The van der Waals surface area contributed by atoms with Gasteiger partial charge in [-0.3, -0.25) is 14.0 Å². The van der Waals surface area contributed by atoms with Crippen molar-refractivity contribution in [2.24, 2.45) is 0 Å². The Bertz CT molecular complexity index is 1210. The highest BCUT2D eigenvalue weighted by Crippen LogP contribution is 2.26. The monoisotopic (exact) mass is 419 g/mol. The summed E-state index contributed by atoms with van der Waals surface area (Å²) < 4.78 is 7.24. The molecule has 30 heavy (non-hydrogen) atoms. The maximum Gasteiger partial charge on any atom is 0.224 e. The summed E-state index contributed by atoms with van der Waals surface area (Å²) in [5.74, 6) is 0.686. The summed E-state index contributed by atoms with van der Waals surface area (Å²) >= 11 is 1.56. The van der Waals surface area contributed by atoms with Crippen molar-refractivity contribution in [1.29, 1.82) is 0 Å². The summed E-state index contributed by atoms with van der Waals surface area (Å²) in [5, 5.41) is 4.90. The fraction of sp³-hybridized carbons (Fsp3) is 0.174. The maximum absolute atomic E-state index is 12.4. The number of ketones is 1. The second-order valence-electron chi connectivity index (χ2n) is 6.92. The first-order chi connectivity index (χ1) is 14.5. The van der Waals surface area contributed by atoms with Gasteiger partial charge in [-0.05, 0) is 49.7 Å². The second kappa shape index (κ2) is 8.51. The fourth-order valence-electron chi connectivity index (χ4n) is 3.19. The van der Waals surface area contributed by atoms with Crippen LogP contribution < -0.4 is 10.1 Å². The number of nitrogens with one attached hydrogen (secondary N) is 1. The van der Waals surface area contributed by atoms with Gasteiger partial charge in [0.15, 0.2) is 10.7 Å². The zero-order chi connectivity index (χ0) is 21.1. The molecule has 1 N–H and O–H groups in total. The van der Waals surface area contributed by atoms with Crippen LogP contribution in [0.1, 0.15) is 29.4 Å². The van der Waals surface area contributed by atoms with E-state index in [9.17, 15) is 9.59 Å². The second-order valence-corrected chi connectivity index (χ2v) is 7.76. The minimum atomic E-state index is -0.0921.